The minimum absolute atomic E-state index is 0.0543. The number of carbonyl (C=O) groups is 4. The lowest BCUT2D eigenvalue weighted by Gasteiger charge is -2.26. The highest BCUT2D eigenvalue weighted by Crippen LogP contribution is 2.28. The number of nitro benzene ring substituents is 1. The van der Waals surface area contributed by atoms with Gasteiger partial charge >= 0.3 is 12.0 Å². The third-order valence-corrected chi connectivity index (χ3v) is 5.85. The Morgan fingerprint density at radius 2 is 1.79 bits per heavy atom. The fourth-order valence-electron chi connectivity index (χ4n) is 3.55. The van der Waals surface area contributed by atoms with Crippen molar-refractivity contribution in [1.29, 1.82) is 0 Å². The lowest BCUT2D eigenvalue weighted by Crippen LogP contribution is -2.54. The molecule has 10 nitrogen and oxygen atoms in total. The molecule has 0 aromatic heterocycles. The second-order valence-electron chi connectivity index (χ2n) is 8.08. The van der Waals surface area contributed by atoms with Gasteiger partial charge in [-0.25, -0.2) is 14.5 Å². The van der Waals surface area contributed by atoms with Gasteiger partial charge in [0.05, 0.1) is 10.6 Å². The van der Waals surface area contributed by atoms with E-state index in [0.717, 1.165) is 16.5 Å². The van der Waals surface area contributed by atoms with E-state index in [1.54, 1.807) is 43.3 Å². The topological polar surface area (TPSA) is 136 Å². The van der Waals surface area contributed by atoms with Gasteiger partial charge in [-0.2, -0.15) is 0 Å². The highest BCUT2D eigenvalue weighted by atomic mass is 79.9. The summed E-state index contributed by atoms with van der Waals surface area (Å²) in [6, 6.07) is 16.0. The Hall–Kier alpha value is -4.90. The summed E-state index contributed by atoms with van der Waals surface area (Å²) in [5, 5.41) is 12.9. The molecule has 1 saturated heterocycles. The fourth-order valence-corrected chi connectivity index (χ4v) is 3.93. The Morgan fingerprint density at radius 1 is 1.05 bits per heavy atom. The van der Waals surface area contributed by atoms with Gasteiger partial charge in [-0.3, -0.25) is 25.0 Å². The zero-order valence-electron chi connectivity index (χ0n) is 19.7. The molecule has 1 heterocycles. The van der Waals surface area contributed by atoms with E-state index < -0.39 is 28.7 Å². The molecule has 0 radical (unpaired) electrons. The van der Waals surface area contributed by atoms with Gasteiger partial charge in [0.15, 0.2) is 0 Å². The van der Waals surface area contributed by atoms with E-state index >= 15 is 0 Å². The first-order valence-electron chi connectivity index (χ1n) is 11.0. The number of barbiturate groups is 1. The number of hydrogen-bond donors (Lipinski definition) is 1. The third-order valence-electron chi connectivity index (χ3n) is 5.36. The van der Waals surface area contributed by atoms with Crippen LogP contribution in [-0.2, 0) is 14.4 Å². The number of nitrogens with zero attached hydrogens (tertiary/aromatic N) is 2. The van der Waals surface area contributed by atoms with Gasteiger partial charge in [-0.1, -0.05) is 28.1 Å². The molecular weight excluding hydrogens is 558 g/mol. The van der Waals surface area contributed by atoms with Crippen LogP contribution in [-0.4, -0.2) is 28.7 Å². The average Bonchev–Trinajstić information content (AvgIpc) is 2.87. The smallest absolute Gasteiger partial charge is 0.336 e. The van der Waals surface area contributed by atoms with E-state index in [0.29, 0.717) is 15.7 Å². The van der Waals surface area contributed by atoms with Crippen molar-refractivity contribution in [3.05, 3.63) is 110 Å². The number of aryl methyl sites for hydroxylation is 1. The van der Waals surface area contributed by atoms with Gasteiger partial charge < -0.3 is 4.74 Å². The lowest BCUT2D eigenvalue weighted by molar-refractivity contribution is -0.384. The molecule has 0 atom stereocenters. The second kappa shape index (κ2) is 11.0. The number of carbonyl (C=O) groups excluding carboxylic acids is 4. The Labute approximate surface area is 224 Å². The minimum atomic E-state index is -0.890. The van der Waals surface area contributed by atoms with E-state index in [2.05, 4.69) is 21.2 Å². The van der Waals surface area contributed by atoms with Crippen molar-refractivity contribution in [2.45, 2.75) is 6.92 Å². The number of ether oxygens (including phenoxy) is 1. The van der Waals surface area contributed by atoms with Crippen LogP contribution in [0.15, 0.2) is 82.9 Å². The van der Waals surface area contributed by atoms with Crippen LogP contribution in [0.5, 0.6) is 5.75 Å². The van der Waals surface area contributed by atoms with Crippen LogP contribution in [0.4, 0.5) is 16.2 Å². The summed E-state index contributed by atoms with van der Waals surface area (Å²) < 4.78 is 6.01. The Kier molecular flexibility index (Phi) is 7.58. The summed E-state index contributed by atoms with van der Waals surface area (Å²) in [6.07, 6.45) is 3.80. The number of nitrogens with one attached hydrogen (secondary N) is 1. The molecule has 38 heavy (non-hydrogen) atoms. The second-order valence-corrected chi connectivity index (χ2v) is 9.00. The number of amides is 4. The van der Waals surface area contributed by atoms with Gasteiger partial charge in [0.25, 0.3) is 17.5 Å². The summed E-state index contributed by atoms with van der Waals surface area (Å²) in [4.78, 5) is 61.8. The summed E-state index contributed by atoms with van der Waals surface area (Å²) in [6.45, 7) is 1.80. The molecule has 1 fully saturated rings. The molecule has 0 spiro atoms. The van der Waals surface area contributed by atoms with E-state index in [1.165, 1.54) is 42.5 Å². The van der Waals surface area contributed by atoms with E-state index in [9.17, 15) is 29.3 Å². The zero-order chi connectivity index (χ0) is 27.4. The first-order chi connectivity index (χ1) is 18.1. The number of anilines is 1. The highest BCUT2D eigenvalue weighted by Gasteiger charge is 2.37. The number of non-ortho nitro benzene ring substituents is 1. The van der Waals surface area contributed by atoms with Crippen LogP contribution in [0.1, 0.15) is 16.7 Å². The molecule has 1 aliphatic heterocycles. The lowest BCUT2D eigenvalue weighted by atomic mass is 10.1. The van der Waals surface area contributed by atoms with Crippen LogP contribution in [0, 0.1) is 17.0 Å². The maximum atomic E-state index is 13.2. The van der Waals surface area contributed by atoms with Crippen molar-refractivity contribution in [2.75, 3.05) is 4.90 Å². The molecule has 190 valence electrons. The van der Waals surface area contributed by atoms with Crippen molar-refractivity contribution in [3.8, 4) is 5.75 Å². The maximum Gasteiger partial charge on any atom is 0.336 e. The Balaban J connectivity index is 1.60. The predicted octanol–water partition coefficient (Wildman–Crippen LogP) is 4.95. The van der Waals surface area contributed by atoms with Gasteiger partial charge in [-0.05, 0) is 72.7 Å². The van der Waals surface area contributed by atoms with Gasteiger partial charge in [-0.15, -0.1) is 0 Å². The number of benzene rings is 3. The standard InChI is InChI=1S/C27H18BrN3O7/c1-16-3-2-4-21(13-16)30-26(34)22(25(33)29-27(30)35)15-18-14-19(28)8-11-23(18)38-24(32)12-7-17-5-9-20(10-6-17)31(36)37/h2-15H,1H3,(H,29,33,35)/b12-7+,22-15-. The van der Waals surface area contributed by atoms with Gasteiger partial charge in [0.1, 0.15) is 11.3 Å². The van der Waals surface area contributed by atoms with Crippen molar-refractivity contribution < 1.29 is 28.8 Å². The molecule has 0 saturated carbocycles. The SMILES string of the molecule is Cc1cccc(N2C(=O)NC(=O)/C(=C/c3cc(Br)ccc3OC(=O)/C=C/c3ccc([N+](=O)[O-])cc3)C2=O)c1. The fraction of sp³-hybridized carbons (Fsp3) is 0.0370. The van der Waals surface area contributed by atoms with Crippen molar-refractivity contribution >= 4 is 63.3 Å². The molecule has 1 aliphatic rings. The molecular formula is C27H18BrN3O7. The first-order valence-corrected chi connectivity index (χ1v) is 11.8. The zero-order valence-corrected chi connectivity index (χ0v) is 21.3. The molecule has 3 aromatic rings. The molecule has 3 aromatic carbocycles. The van der Waals surface area contributed by atoms with Crippen molar-refractivity contribution in [1.82, 2.24) is 5.32 Å². The number of halogens is 1. The quantitative estimate of drug-likeness (QED) is 0.110. The number of urea groups is 1. The van der Waals surface area contributed by atoms with E-state index in [4.69, 9.17) is 4.74 Å². The number of imide groups is 2. The number of hydrogen-bond acceptors (Lipinski definition) is 7. The number of nitro groups is 1. The van der Waals surface area contributed by atoms with Crippen molar-refractivity contribution in [3.63, 3.8) is 0 Å². The van der Waals surface area contributed by atoms with Crippen LogP contribution in [0.25, 0.3) is 12.2 Å². The minimum Gasteiger partial charge on any atom is -0.423 e. The summed E-state index contributed by atoms with van der Waals surface area (Å²) >= 11 is 3.32. The predicted molar refractivity (Wildman–Crippen MR) is 142 cm³/mol. The van der Waals surface area contributed by atoms with Crippen LogP contribution >= 0.6 is 15.9 Å². The maximum absolute atomic E-state index is 13.2. The van der Waals surface area contributed by atoms with Crippen molar-refractivity contribution in [2.24, 2.45) is 0 Å². The largest absolute Gasteiger partial charge is 0.423 e. The summed E-state index contributed by atoms with van der Waals surface area (Å²) in [7, 11) is 0. The first kappa shape index (κ1) is 26.2. The number of rotatable bonds is 6. The summed E-state index contributed by atoms with van der Waals surface area (Å²) in [5.41, 5.74) is 1.46. The monoisotopic (exact) mass is 575 g/mol. The van der Waals surface area contributed by atoms with Crippen LogP contribution in [0.3, 0.4) is 0 Å². The normalized spacial score (nSPS) is 14.6. The molecule has 4 rings (SSSR count). The number of esters is 1. The molecule has 11 heteroatoms. The van der Waals surface area contributed by atoms with Gasteiger partial charge in [0, 0.05) is 28.2 Å². The highest BCUT2D eigenvalue weighted by molar-refractivity contribution is 9.10. The molecule has 0 unspecified atom stereocenters. The third kappa shape index (κ3) is 5.90. The summed E-state index contributed by atoms with van der Waals surface area (Å²) in [5.74, 6) is -2.43. The van der Waals surface area contributed by atoms with E-state index in [-0.39, 0.29) is 22.6 Å². The Bertz CT molecular complexity index is 1540. The average molecular weight is 576 g/mol. The molecule has 4 amide bonds. The molecule has 0 bridgehead atoms. The van der Waals surface area contributed by atoms with E-state index in [1.807, 2.05) is 0 Å². The molecule has 1 N–H and O–H groups in total. The Morgan fingerprint density at radius 3 is 2.47 bits per heavy atom. The van der Waals surface area contributed by atoms with Crippen LogP contribution in [0.2, 0.25) is 0 Å². The van der Waals surface area contributed by atoms with Gasteiger partial charge in [0.2, 0.25) is 0 Å². The van der Waals surface area contributed by atoms with Crippen LogP contribution < -0.4 is 15.0 Å². The molecule has 0 aliphatic carbocycles.